The molecule has 0 radical (unpaired) electrons. The second kappa shape index (κ2) is 11.9. The van der Waals surface area contributed by atoms with Crippen LogP contribution in [0, 0.1) is 0 Å². The highest BCUT2D eigenvalue weighted by Gasteiger charge is 2.33. The predicted octanol–water partition coefficient (Wildman–Crippen LogP) is 8.14. The Morgan fingerprint density at radius 3 is 2.42 bits per heavy atom. The number of anilines is 1. The van der Waals surface area contributed by atoms with Crippen molar-refractivity contribution < 1.29 is 9.53 Å². The summed E-state index contributed by atoms with van der Waals surface area (Å²) in [5.41, 5.74) is 1.53. The van der Waals surface area contributed by atoms with Crippen LogP contribution in [-0.2, 0) is 4.79 Å². The van der Waals surface area contributed by atoms with E-state index in [1.165, 1.54) is 48.8 Å². The van der Waals surface area contributed by atoms with Gasteiger partial charge in [-0.15, -0.1) is 0 Å². The summed E-state index contributed by atoms with van der Waals surface area (Å²) >= 11 is 18.8. The van der Waals surface area contributed by atoms with Gasteiger partial charge in [-0.25, -0.2) is 0 Å². The molecule has 2 aromatic rings. The fraction of sp³-hybridized carbons (Fsp3) is 0.333. The number of rotatable bonds is 10. The van der Waals surface area contributed by atoms with Gasteiger partial charge in [0, 0.05) is 0 Å². The zero-order valence-electron chi connectivity index (χ0n) is 17.4. The van der Waals surface area contributed by atoms with E-state index in [9.17, 15) is 4.79 Å². The van der Waals surface area contributed by atoms with Crippen LogP contribution >= 0.6 is 47.2 Å². The topological polar surface area (TPSA) is 29.5 Å². The van der Waals surface area contributed by atoms with E-state index in [2.05, 4.69) is 6.92 Å². The molecule has 0 spiro atoms. The predicted molar refractivity (Wildman–Crippen MR) is 137 cm³/mol. The van der Waals surface area contributed by atoms with Gasteiger partial charge in [0.15, 0.2) is 4.32 Å². The number of hydrogen-bond acceptors (Lipinski definition) is 4. The third kappa shape index (κ3) is 6.72. The minimum Gasteiger partial charge on any atom is -0.494 e. The van der Waals surface area contributed by atoms with Crippen molar-refractivity contribution in [3.63, 3.8) is 0 Å². The Morgan fingerprint density at radius 2 is 1.71 bits per heavy atom. The lowest BCUT2D eigenvalue weighted by Gasteiger charge is -2.15. The Kier molecular flexibility index (Phi) is 9.27. The van der Waals surface area contributed by atoms with Gasteiger partial charge in [0.25, 0.3) is 5.91 Å². The lowest BCUT2D eigenvalue weighted by molar-refractivity contribution is -0.113. The molecular weight excluding hydrogens is 469 g/mol. The van der Waals surface area contributed by atoms with Crippen molar-refractivity contribution in [3.8, 4) is 5.75 Å². The normalized spacial score (nSPS) is 15.2. The Morgan fingerprint density at radius 1 is 1.00 bits per heavy atom. The minimum absolute atomic E-state index is 0.170. The Bertz CT molecular complexity index is 961. The quantitative estimate of drug-likeness (QED) is 0.189. The number of carbonyl (C=O) groups excluding carboxylic acids is 1. The number of hydrogen-bond donors (Lipinski definition) is 0. The van der Waals surface area contributed by atoms with Gasteiger partial charge < -0.3 is 4.74 Å². The summed E-state index contributed by atoms with van der Waals surface area (Å²) in [6.07, 6.45) is 9.28. The van der Waals surface area contributed by atoms with Crippen molar-refractivity contribution in [2.45, 2.75) is 45.4 Å². The van der Waals surface area contributed by atoms with Crippen molar-refractivity contribution in [1.29, 1.82) is 0 Å². The molecule has 1 aliphatic heterocycles. The zero-order chi connectivity index (χ0) is 22.2. The number of carbonyl (C=O) groups is 1. The summed E-state index contributed by atoms with van der Waals surface area (Å²) in [6, 6.07) is 12.8. The van der Waals surface area contributed by atoms with Gasteiger partial charge in [0.05, 0.1) is 27.2 Å². The maximum atomic E-state index is 12.9. The molecule has 1 amide bonds. The average molecular weight is 495 g/mol. The molecule has 31 heavy (non-hydrogen) atoms. The Balaban J connectivity index is 1.57. The smallest absolute Gasteiger partial charge is 0.270 e. The van der Waals surface area contributed by atoms with E-state index in [0.717, 1.165) is 24.3 Å². The number of thiocarbonyl (C=S) groups is 1. The molecule has 0 aliphatic carbocycles. The maximum absolute atomic E-state index is 12.9. The largest absolute Gasteiger partial charge is 0.494 e. The summed E-state index contributed by atoms with van der Waals surface area (Å²) in [5, 5.41) is 0.818. The van der Waals surface area contributed by atoms with Gasteiger partial charge in [-0.1, -0.05) is 98.3 Å². The van der Waals surface area contributed by atoms with Gasteiger partial charge in [0.2, 0.25) is 0 Å². The molecule has 0 aromatic heterocycles. The lowest BCUT2D eigenvalue weighted by Crippen LogP contribution is -2.27. The Hall–Kier alpha value is -1.53. The number of amides is 1. The van der Waals surface area contributed by atoms with Crippen LogP contribution in [0.1, 0.15) is 51.0 Å². The first-order valence-electron chi connectivity index (χ1n) is 10.5. The van der Waals surface area contributed by atoms with Crippen LogP contribution in [0.25, 0.3) is 6.08 Å². The molecule has 1 fully saturated rings. The summed E-state index contributed by atoms with van der Waals surface area (Å²) in [5.74, 6) is 0.672. The highest BCUT2D eigenvalue weighted by atomic mass is 35.5. The monoisotopic (exact) mass is 493 g/mol. The zero-order valence-corrected chi connectivity index (χ0v) is 20.5. The number of nitrogens with zero attached hydrogens (tertiary/aromatic N) is 1. The number of thioether (sulfide) groups is 1. The van der Waals surface area contributed by atoms with Crippen LogP contribution < -0.4 is 9.64 Å². The summed E-state index contributed by atoms with van der Waals surface area (Å²) < 4.78 is 6.29. The van der Waals surface area contributed by atoms with E-state index in [-0.39, 0.29) is 5.91 Å². The Labute approximate surface area is 203 Å². The molecule has 0 N–H and O–H groups in total. The van der Waals surface area contributed by atoms with Crippen LogP contribution in [0.15, 0.2) is 47.4 Å². The van der Waals surface area contributed by atoms with Crippen LogP contribution in [0.5, 0.6) is 5.75 Å². The summed E-state index contributed by atoms with van der Waals surface area (Å²) in [4.78, 5) is 14.9. The fourth-order valence-electron chi connectivity index (χ4n) is 3.20. The fourth-order valence-corrected chi connectivity index (χ4v) is 4.79. The maximum Gasteiger partial charge on any atom is 0.270 e. The van der Waals surface area contributed by atoms with Crippen LogP contribution in [-0.4, -0.2) is 16.8 Å². The number of unbranched alkanes of at least 4 members (excludes halogenated alkanes) is 5. The van der Waals surface area contributed by atoms with Gasteiger partial charge in [0.1, 0.15) is 5.75 Å². The minimum atomic E-state index is -0.170. The van der Waals surface area contributed by atoms with Gasteiger partial charge in [-0.2, -0.15) is 0 Å². The number of ether oxygens (including phenoxy) is 1. The lowest BCUT2D eigenvalue weighted by atomic mass is 10.1. The molecule has 1 heterocycles. The van der Waals surface area contributed by atoms with Gasteiger partial charge >= 0.3 is 0 Å². The van der Waals surface area contributed by atoms with Gasteiger partial charge in [-0.05, 0) is 48.4 Å². The molecule has 3 rings (SSSR count). The third-order valence-corrected chi connectivity index (χ3v) is 6.94. The molecule has 164 valence electrons. The molecule has 0 unspecified atom stereocenters. The van der Waals surface area contributed by atoms with Crippen LogP contribution in [0.3, 0.4) is 0 Å². The van der Waals surface area contributed by atoms with E-state index >= 15 is 0 Å². The van der Waals surface area contributed by atoms with E-state index in [4.69, 9.17) is 40.2 Å². The van der Waals surface area contributed by atoms with E-state index < -0.39 is 0 Å². The van der Waals surface area contributed by atoms with Crippen molar-refractivity contribution >= 4 is 69.2 Å². The molecular formula is C24H25Cl2NO2S2. The second-order valence-electron chi connectivity index (χ2n) is 7.30. The first-order chi connectivity index (χ1) is 15.0. The molecule has 3 nitrogen and oxygen atoms in total. The van der Waals surface area contributed by atoms with Crippen LogP contribution in [0.4, 0.5) is 5.69 Å². The standard InChI is InChI=1S/C24H25Cl2NO2S2/c1-2-3-4-5-6-7-14-29-19-11-8-17(9-12-19)15-22-23(28)27(24(30)31-22)18-10-13-20(25)21(26)16-18/h8-13,15-16H,2-7,14H2,1H3/b22-15-. The average Bonchev–Trinajstić information content (AvgIpc) is 3.03. The van der Waals surface area contributed by atoms with Crippen molar-refractivity contribution in [3.05, 3.63) is 63.0 Å². The van der Waals surface area contributed by atoms with E-state index in [1.54, 1.807) is 18.2 Å². The molecule has 1 aliphatic rings. The van der Waals surface area contributed by atoms with Crippen LogP contribution in [0.2, 0.25) is 10.0 Å². The summed E-state index contributed by atoms with van der Waals surface area (Å²) in [6.45, 7) is 2.96. The van der Waals surface area contributed by atoms with E-state index in [1.807, 2.05) is 30.3 Å². The van der Waals surface area contributed by atoms with Crippen molar-refractivity contribution in [2.24, 2.45) is 0 Å². The third-order valence-electron chi connectivity index (χ3n) is 4.90. The molecule has 1 saturated heterocycles. The molecule has 0 bridgehead atoms. The first kappa shape index (κ1) is 24.1. The molecule has 2 aromatic carbocycles. The van der Waals surface area contributed by atoms with Crippen molar-refractivity contribution in [2.75, 3.05) is 11.5 Å². The molecule has 0 saturated carbocycles. The molecule has 7 heteroatoms. The highest BCUT2D eigenvalue weighted by Crippen LogP contribution is 2.38. The molecule has 0 atom stereocenters. The number of benzene rings is 2. The summed E-state index contributed by atoms with van der Waals surface area (Å²) in [7, 11) is 0. The van der Waals surface area contributed by atoms with Crippen molar-refractivity contribution in [1.82, 2.24) is 0 Å². The van der Waals surface area contributed by atoms with E-state index in [0.29, 0.717) is 25.0 Å². The van der Waals surface area contributed by atoms with Gasteiger partial charge in [-0.3, -0.25) is 9.69 Å². The second-order valence-corrected chi connectivity index (χ2v) is 9.79. The first-order valence-corrected chi connectivity index (χ1v) is 12.4. The SMILES string of the molecule is CCCCCCCCOc1ccc(/C=C2\SC(=S)N(c3ccc(Cl)c(Cl)c3)C2=O)cc1. The number of halogens is 2. The highest BCUT2D eigenvalue weighted by molar-refractivity contribution is 8.27.